The molecule has 2 aromatic rings. The zero-order valence-electron chi connectivity index (χ0n) is 12.2. The standard InChI is InChI=1S/C15H17N3O3/c1-18(14-6-4-5-7-17-14)15(19)10-8-12(20-2)13(21-3)9-11(10)16/h4-9H,16H2,1-3H3. The summed E-state index contributed by atoms with van der Waals surface area (Å²) >= 11 is 0. The number of ether oxygens (including phenoxy) is 2. The molecular weight excluding hydrogens is 270 g/mol. The number of carbonyl (C=O) groups is 1. The van der Waals surface area contributed by atoms with Gasteiger partial charge in [0, 0.05) is 25.0 Å². The van der Waals surface area contributed by atoms with E-state index in [1.807, 2.05) is 6.07 Å². The molecule has 0 aliphatic rings. The molecule has 6 heteroatoms. The van der Waals surface area contributed by atoms with Gasteiger partial charge in [-0.05, 0) is 18.2 Å². The Kier molecular flexibility index (Phi) is 4.27. The number of benzene rings is 1. The van der Waals surface area contributed by atoms with Gasteiger partial charge in [-0.2, -0.15) is 0 Å². The van der Waals surface area contributed by atoms with Crippen molar-refractivity contribution < 1.29 is 14.3 Å². The normalized spacial score (nSPS) is 10.0. The molecule has 0 radical (unpaired) electrons. The predicted molar refractivity (Wildman–Crippen MR) is 80.9 cm³/mol. The van der Waals surface area contributed by atoms with Gasteiger partial charge in [0.05, 0.1) is 19.8 Å². The molecule has 6 nitrogen and oxygen atoms in total. The highest BCUT2D eigenvalue weighted by atomic mass is 16.5. The second-order valence-electron chi connectivity index (χ2n) is 4.35. The third kappa shape index (κ3) is 2.89. The molecule has 0 bridgehead atoms. The van der Waals surface area contributed by atoms with Crippen LogP contribution in [-0.2, 0) is 0 Å². The largest absolute Gasteiger partial charge is 0.493 e. The molecule has 0 aliphatic carbocycles. The Hall–Kier alpha value is -2.76. The lowest BCUT2D eigenvalue weighted by Crippen LogP contribution is -2.27. The summed E-state index contributed by atoms with van der Waals surface area (Å²) in [7, 11) is 4.66. The third-order valence-electron chi connectivity index (χ3n) is 3.08. The van der Waals surface area contributed by atoms with E-state index >= 15 is 0 Å². The lowest BCUT2D eigenvalue weighted by molar-refractivity contribution is 0.0993. The molecular formula is C15H17N3O3. The van der Waals surface area contributed by atoms with Crippen molar-refractivity contribution in [1.82, 2.24) is 4.98 Å². The summed E-state index contributed by atoms with van der Waals surface area (Å²) in [5, 5.41) is 0. The zero-order chi connectivity index (χ0) is 15.4. The van der Waals surface area contributed by atoms with Crippen LogP contribution in [0.5, 0.6) is 11.5 Å². The van der Waals surface area contributed by atoms with Crippen LogP contribution in [0, 0.1) is 0 Å². The number of anilines is 2. The van der Waals surface area contributed by atoms with E-state index in [1.165, 1.54) is 19.1 Å². The highest BCUT2D eigenvalue weighted by Crippen LogP contribution is 2.32. The first-order valence-corrected chi connectivity index (χ1v) is 6.29. The second-order valence-corrected chi connectivity index (χ2v) is 4.35. The van der Waals surface area contributed by atoms with Gasteiger partial charge in [0.1, 0.15) is 5.82 Å². The fourth-order valence-corrected chi connectivity index (χ4v) is 1.92. The monoisotopic (exact) mass is 287 g/mol. The van der Waals surface area contributed by atoms with Crippen LogP contribution in [-0.4, -0.2) is 32.2 Å². The molecule has 0 fully saturated rings. The summed E-state index contributed by atoms with van der Waals surface area (Å²) in [5.74, 6) is 1.19. The van der Waals surface area contributed by atoms with E-state index in [0.29, 0.717) is 28.6 Å². The molecule has 0 unspecified atom stereocenters. The molecule has 1 amide bonds. The van der Waals surface area contributed by atoms with Gasteiger partial charge in [0.2, 0.25) is 0 Å². The van der Waals surface area contributed by atoms with Gasteiger partial charge >= 0.3 is 0 Å². The van der Waals surface area contributed by atoms with Crippen LogP contribution in [0.1, 0.15) is 10.4 Å². The maximum absolute atomic E-state index is 12.5. The van der Waals surface area contributed by atoms with E-state index in [1.54, 1.807) is 37.5 Å². The average Bonchev–Trinajstić information content (AvgIpc) is 2.54. The predicted octanol–water partition coefficient (Wildman–Crippen LogP) is 1.96. The van der Waals surface area contributed by atoms with E-state index < -0.39 is 0 Å². The van der Waals surface area contributed by atoms with Crippen LogP contribution in [0.25, 0.3) is 0 Å². The molecule has 1 aromatic carbocycles. The fraction of sp³-hybridized carbons (Fsp3) is 0.200. The molecule has 0 aliphatic heterocycles. The Morgan fingerprint density at radius 1 is 1.19 bits per heavy atom. The lowest BCUT2D eigenvalue weighted by Gasteiger charge is -2.18. The maximum Gasteiger partial charge on any atom is 0.261 e. The highest BCUT2D eigenvalue weighted by molar-refractivity contribution is 6.09. The van der Waals surface area contributed by atoms with Gasteiger partial charge in [-0.1, -0.05) is 6.07 Å². The van der Waals surface area contributed by atoms with E-state index in [0.717, 1.165) is 0 Å². The molecule has 0 saturated carbocycles. The number of methoxy groups -OCH3 is 2. The van der Waals surface area contributed by atoms with Crippen molar-refractivity contribution in [2.75, 3.05) is 31.9 Å². The molecule has 0 atom stereocenters. The fourth-order valence-electron chi connectivity index (χ4n) is 1.92. The number of nitrogens with zero attached hydrogens (tertiary/aromatic N) is 2. The summed E-state index contributed by atoms with van der Waals surface area (Å²) in [6.07, 6.45) is 1.62. The molecule has 2 rings (SSSR count). The molecule has 110 valence electrons. The van der Waals surface area contributed by atoms with Crippen molar-refractivity contribution in [3.8, 4) is 11.5 Å². The number of hydrogen-bond donors (Lipinski definition) is 1. The van der Waals surface area contributed by atoms with Gasteiger partial charge in [0.15, 0.2) is 11.5 Å². The van der Waals surface area contributed by atoms with Crippen molar-refractivity contribution in [3.05, 3.63) is 42.1 Å². The maximum atomic E-state index is 12.5. The topological polar surface area (TPSA) is 77.7 Å². The highest BCUT2D eigenvalue weighted by Gasteiger charge is 2.20. The van der Waals surface area contributed by atoms with Gasteiger partial charge in [-0.25, -0.2) is 4.98 Å². The number of hydrogen-bond acceptors (Lipinski definition) is 5. The van der Waals surface area contributed by atoms with Crippen LogP contribution in [0.4, 0.5) is 11.5 Å². The van der Waals surface area contributed by atoms with Crippen LogP contribution < -0.4 is 20.1 Å². The number of nitrogens with two attached hydrogens (primary N) is 1. The first-order chi connectivity index (χ1) is 10.1. The van der Waals surface area contributed by atoms with Gasteiger partial charge in [0.25, 0.3) is 5.91 Å². The van der Waals surface area contributed by atoms with Crippen LogP contribution in [0.15, 0.2) is 36.5 Å². The van der Waals surface area contributed by atoms with Crippen molar-refractivity contribution in [3.63, 3.8) is 0 Å². The number of carbonyl (C=O) groups excluding carboxylic acids is 1. The minimum atomic E-state index is -0.271. The smallest absolute Gasteiger partial charge is 0.261 e. The zero-order valence-corrected chi connectivity index (χ0v) is 12.2. The quantitative estimate of drug-likeness (QED) is 0.870. The minimum absolute atomic E-state index is 0.271. The molecule has 2 N–H and O–H groups in total. The molecule has 0 spiro atoms. The summed E-state index contributed by atoms with van der Waals surface area (Å²) in [5.41, 5.74) is 6.59. The van der Waals surface area contributed by atoms with Crippen molar-refractivity contribution in [1.29, 1.82) is 0 Å². The van der Waals surface area contributed by atoms with Gasteiger partial charge in [-0.3, -0.25) is 9.69 Å². The SMILES string of the molecule is COc1cc(N)c(C(=O)N(C)c2ccccn2)cc1OC. The third-order valence-corrected chi connectivity index (χ3v) is 3.08. The second kappa shape index (κ2) is 6.13. The molecule has 0 saturated heterocycles. The van der Waals surface area contributed by atoms with E-state index in [9.17, 15) is 4.79 Å². The van der Waals surface area contributed by atoms with Crippen LogP contribution in [0.3, 0.4) is 0 Å². The summed E-state index contributed by atoms with van der Waals surface area (Å²) in [6, 6.07) is 8.47. The average molecular weight is 287 g/mol. The van der Waals surface area contributed by atoms with E-state index in [4.69, 9.17) is 15.2 Å². The van der Waals surface area contributed by atoms with Gasteiger partial charge < -0.3 is 15.2 Å². The minimum Gasteiger partial charge on any atom is -0.493 e. The van der Waals surface area contributed by atoms with E-state index in [2.05, 4.69) is 4.98 Å². The summed E-state index contributed by atoms with van der Waals surface area (Å²) in [6.45, 7) is 0. The van der Waals surface area contributed by atoms with Crippen molar-refractivity contribution >= 4 is 17.4 Å². The first-order valence-electron chi connectivity index (χ1n) is 6.29. The molecule has 21 heavy (non-hydrogen) atoms. The van der Waals surface area contributed by atoms with Crippen LogP contribution >= 0.6 is 0 Å². The number of nitrogen functional groups attached to an aromatic ring is 1. The Bertz CT molecular complexity index is 644. The van der Waals surface area contributed by atoms with Gasteiger partial charge in [-0.15, -0.1) is 0 Å². The Morgan fingerprint density at radius 2 is 1.86 bits per heavy atom. The number of pyridine rings is 1. The summed E-state index contributed by atoms with van der Waals surface area (Å²) < 4.78 is 10.4. The molecule has 1 heterocycles. The van der Waals surface area contributed by atoms with Crippen molar-refractivity contribution in [2.24, 2.45) is 0 Å². The van der Waals surface area contributed by atoms with Crippen LogP contribution in [0.2, 0.25) is 0 Å². The number of aromatic nitrogens is 1. The van der Waals surface area contributed by atoms with E-state index in [-0.39, 0.29) is 5.91 Å². The first kappa shape index (κ1) is 14.6. The van der Waals surface area contributed by atoms with Crippen molar-refractivity contribution in [2.45, 2.75) is 0 Å². The Morgan fingerprint density at radius 3 is 2.43 bits per heavy atom. The lowest BCUT2D eigenvalue weighted by atomic mass is 10.1. The Balaban J connectivity index is 2.39. The Labute approximate surface area is 123 Å². The number of amides is 1. The molecule has 1 aromatic heterocycles. The summed E-state index contributed by atoms with van der Waals surface area (Å²) in [4.78, 5) is 18.1. The number of rotatable bonds is 4.